The first kappa shape index (κ1) is 14.8. The molecule has 0 aromatic heterocycles. The van der Waals surface area contributed by atoms with Crippen LogP contribution in [0.15, 0.2) is 36.0 Å². The van der Waals surface area contributed by atoms with Gasteiger partial charge in [-0.05, 0) is 50.2 Å². The number of carbonyl (C=O) groups is 2. The lowest BCUT2D eigenvalue weighted by Gasteiger charge is -2.34. The van der Waals surface area contributed by atoms with E-state index in [9.17, 15) is 9.59 Å². The Bertz CT molecular complexity index is 488. The lowest BCUT2D eigenvalue weighted by molar-refractivity contribution is -0.143. The van der Waals surface area contributed by atoms with Gasteiger partial charge in [-0.3, -0.25) is 9.59 Å². The Hall–Kier alpha value is -1.64. The van der Waals surface area contributed by atoms with E-state index in [1.165, 1.54) is 0 Å². The standard InChI is InChI=1S/C17H22O3/c1-3-17(10-7-14(8-11-17)16(19)20)9-6-13-4-5-15(18)12(13)2/h3,6,9,14H,1,4-5,7-8,10-11H2,2H3,(H,19,20)/b9-6+/t14-,17+. The molecule has 2 aliphatic rings. The van der Waals surface area contributed by atoms with Crippen LogP contribution in [-0.2, 0) is 9.59 Å². The van der Waals surface area contributed by atoms with Gasteiger partial charge in [-0.15, -0.1) is 6.58 Å². The molecule has 0 heterocycles. The summed E-state index contributed by atoms with van der Waals surface area (Å²) in [5, 5.41) is 9.06. The molecule has 0 bridgehead atoms. The molecule has 2 rings (SSSR count). The highest BCUT2D eigenvalue weighted by Gasteiger charge is 2.33. The van der Waals surface area contributed by atoms with E-state index in [1.54, 1.807) is 0 Å². The first-order valence-electron chi connectivity index (χ1n) is 7.26. The summed E-state index contributed by atoms with van der Waals surface area (Å²) >= 11 is 0. The summed E-state index contributed by atoms with van der Waals surface area (Å²) in [5.41, 5.74) is 1.89. The van der Waals surface area contributed by atoms with E-state index >= 15 is 0 Å². The van der Waals surface area contributed by atoms with Gasteiger partial charge in [0.25, 0.3) is 0 Å². The maximum atomic E-state index is 11.5. The maximum Gasteiger partial charge on any atom is 0.306 e. The molecular weight excluding hydrogens is 252 g/mol. The van der Waals surface area contributed by atoms with E-state index in [0.29, 0.717) is 19.3 Å². The number of hydrogen-bond donors (Lipinski definition) is 1. The highest BCUT2D eigenvalue weighted by molar-refractivity contribution is 5.98. The fourth-order valence-electron chi connectivity index (χ4n) is 3.12. The first-order chi connectivity index (χ1) is 9.47. The van der Waals surface area contributed by atoms with Crippen LogP contribution in [0.4, 0.5) is 0 Å². The molecule has 0 amide bonds. The van der Waals surface area contributed by atoms with Gasteiger partial charge in [0.15, 0.2) is 5.78 Å². The second kappa shape index (κ2) is 5.78. The molecule has 3 nitrogen and oxygen atoms in total. The molecule has 0 atom stereocenters. The van der Waals surface area contributed by atoms with Crippen LogP contribution in [0.25, 0.3) is 0 Å². The lowest BCUT2D eigenvalue weighted by Crippen LogP contribution is -2.27. The van der Waals surface area contributed by atoms with Gasteiger partial charge in [0, 0.05) is 11.8 Å². The van der Waals surface area contributed by atoms with Crippen molar-refractivity contribution in [3.63, 3.8) is 0 Å². The molecule has 0 radical (unpaired) electrons. The second-order valence-corrected chi connectivity index (χ2v) is 5.96. The number of carboxylic acids is 1. The number of carbonyl (C=O) groups excluding carboxylic acids is 1. The Morgan fingerprint density at radius 3 is 2.45 bits per heavy atom. The zero-order chi connectivity index (χ0) is 14.8. The Morgan fingerprint density at radius 2 is 2.00 bits per heavy atom. The average molecular weight is 274 g/mol. The molecule has 0 saturated heterocycles. The van der Waals surface area contributed by atoms with Crippen molar-refractivity contribution in [2.45, 2.75) is 45.4 Å². The van der Waals surface area contributed by atoms with Crippen LogP contribution < -0.4 is 0 Å². The highest BCUT2D eigenvalue weighted by Crippen LogP contribution is 2.42. The van der Waals surface area contributed by atoms with E-state index < -0.39 is 5.97 Å². The smallest absolute Gasteiger partial charge is 0.306 e. The van der Waals surface area contributed by atoms with Gasteiger partial charge in [0.2, 0.25) is 0 Å². The molecular formula is C17H22O3. The SMILES string of the molecule is C=C[C@]1(/C=C/C2=C(C)C(=O)CC2)CC[C@@H](C(=O)O)CC1. The minimum absolute atomic E-state index is 0.106. The third kappa shape index (κ3) is 2.92. The lowest BCUT2D eigenvalue weighted by atomic mass is 9.70. The third-order valence-electron chi connectivity index (χ3n) is 4.81. The van der Waals surface area contributed by atoms with E-state index in [-0.39, 0.29) is 17.1 Å². The second-order valence-electron chi connectivity index (χ2n) is 5.96. The average Bonchev–Trinajstić information content (AvgIpc) is 2.77. The van der Waals surface area contributed by atoms with Crippen molar-refractivity contribution in [2.75, 3.05) is 0 Å². The van der Waals surface area contributed by atoms with E-state index in [2.05, 4.69) is 18.7 Å². The topological polar surface area (TPSA) is 54.4 Å². The molecule has 0 unspecified atom stereocenters. The molecule has 1 fully saturated rings. The molecule has 3 heteroatoms. The van der Waals surface area contributed by atoms with Gasteiger partial charge >= 0.3 is 5.97 Å². The summed E-state index contributed by atoms with van der Waals surface area (Å²) in [5.74, 6) is -0.663. The van der Waals surface area contributed by atoms with Gasteiger partial charge < -0.3 is 5.11 Å². The van der Waals surface area contributed by atoms with Crippen LogP contribution in [0.2, 0.25) is 0 Å². The zero-order valence-electron chi connectivity index (χ0n) is 12.0. The van der Waals surface area contributed by atoms with Crippen molar-refractivity contribution < 1.29 is 14.7 Å². The summed E-state index contributed by atoms with van der Waals surface area (Å²) in [4.78, 5) is 22.5. The Labute approximate surface area is 120 Å². The fraction of sp³-hybridized carbons (Fsp3) is 0.529. The number of rotatable bonds is 4. The Morgan fingerprint density at radius 1 is 1.35 bits per heavy atom. The molecule has 2 aliphatic carbocycles. The van der Waals surface area contributed by atoms with Crippen molar-refractivity contribution in [3.8, 4) is 0 Å². The number of allylic oxidation sites excluding steroid dienone is 5. The summed E-state index contributed by atoms with van der Waals surface area (Å²) in [7, 11) is 0. The van der Waals surface area contributed by atoms with Crippen LogP contribution in [0.5, 0.6) is 0 Å². The molecule has 20 heavy (non-hydrogen) atoms. The summed E-state index contributed by atoms with van der Waals surface area (Å²) in [6.45, 7) is 5.81. The van der Waals surface area contributed by atoms with Gasteiger partial charge in [-0.2, -0.15) is 0 Å². The van der Waals surface area contributed by atoms with Crippen molar-refractivity contribution in [1.82, 2.24) is 0 Å². The predicted octanol–water partition coefficient (Wildman–Crippen LogP) is 3.67. The minimum Gasteiger partial charge on any atom is -0.481 e. The summed E-state index contributed by atoms with van der Waals surface area (Å²) < 4.78 is 0. The summed E-state index contributed by atoms with van der Waals surface area (Å²) in [6, 6.07) is 0. The van der Waals surface area contributed by atoms with Gasteiger partial charge in [0.05, 0.1) is 5.92 Å². The summed E-state index contributed by atoms with van der Waals surface area (Å²) in [6.07, 6.45) is 10.6. The molecule has 0 spiro atoms. The minimum atomic E-state index is -0.688. The zero-order valence-corrected chi connectivity index (χ0v) is 12.0. The third-order valence-corrected chi connectivity index (χ3v) is 4.81. The van der Waals surface area contributed by atoms with E-state index in [0.717, 1.165) is 30.4 Å². The molecule has 1 N–H and O–H groups in total. The number of Topliss-reactive ketones (excluding diaryl/α,β-unsaturated/α-hetero) is 1. The van der Waals surface area contributed by atoms with Crippen molar-refractivity contribution in [1.29, 1.82) is 0 Å². The van der Waals surface area contributed by atoms with E-state index in [1.807, 2.05) is 13.0 Å². The number of hydrogen-bond acceptors (Lipinski definition) is 2. The number of aliphatic carboxylic acids is 1. The molecule has 108 valence electrons. The maximum absolute atomic E-state index is 11.5. The first-order valence-corrected chi connectivity index (χ1v) is 7.26. The van der Waals surface area contributed by atoms with Crippen molar-refractivity contribution in [2.24, 2.45) is 11.3 Å². The fourth-order valence-corrected chi connectivity index (χ4v) is 3.12. The Balaban J connectivity index is 2.08. The van der Waals surface area contributed by atoms with Crippen molar-refractivity contribution >= 4 is 11.8 Å². The van der Waals surface area contributed by atoms with Crippen LogP contribution in [0, 0.1) is 11.3 Å². The molecule has 0 aromatic carbocycles. The number of ketones is 1. The van der Waals surface area contributed by atoms with Gasteiger partial charge in [-0.1, -0.05) is 18.2 Å². The van der Waals surface area contributed by atoms with Crippen molar-refractivity contribution in [3.05, 3.63) is 36.0 Å². The van der Waals surface area contributed by atoms with Crippen LogP contribution in [0.1, 0.15) is 45.4 Å². The molecule has 0 aliphatic heterocycles. The highest BCUT2D eigenvalue weighted by atomic mass is 16.4. The largest absolute Gasteiger partial charge is 0.481 e. The van der Waals surface area contributed by atoms with Crippen LogP contribution in [0.3, 0.4) is 0 Å². The number of carboxylic acid groups (broad SMARTS) is 1. The normalized spacial score (nSPS) is 31.1. The monoisotopic (exact) mass is 274 g/mol. The van der Waals surface area contributed by atoms with Gasteiger partial charge in [0.1, 0.15) is 0 Å². The molecule has 1 saturated carbocycles. The quantitative estimate of drug-likeness (QED) is 0.796. The van der Waals surface area contributed by atoms with E-state index in [4.69, 9.17) is 5.11 Å². The predicted molar refractivity (Wildman–Crippen MR) is 78.3 cm³/mol. The van der Waals surface area contributed by atoms with Crippen LogP contribution >= 0.6 is 0 Å². The van der Waals surface area contributed by atoms with Gasteiger partial charge in [-0.25, -0.2) is 0 Å². The molecule has 0 aromatic rings. The van der Waals surface area contributed by atoms with Crippen LogP contribution in [-0.4, -0.2) is 16.9 Å². The Kier molecular flexibility index (Phi) is 4.26.